The number of amides is 1. The zero-order valence-electron chi connectivity index (χ0n) is 32.7. The summed E-state index contributed by atoms with van der Waals surface area (Å²) in [5.41, 5.74) is 1.86. The fourth-order valence-electron chi connectivity index (χ4n) is 6.54. The molecule has 0 heterocycles. The Balaban J connectivity index is 1.90. The highest BCUT2D eigenvalue weighted by molar-refractivity contribution is 7.46. The van der Waals surface area contributed by atoms with Crippen LogP contribution in [0.3, 0.4) is 0 Å². The van der Waals surface area contributed by atoms with Crippen molar-refractivity contribution in [2.24, 2.45) is 5.92 Å². The summed E-state index contributed by atoms with van der Waals surface area (Å²) in [5, 5.41) is 18.8. The molecule has 0 saturated carbocycles. The van der Waals surface area contributed by atoms with Gasteiger partial charge in [0.05, 0.1) is 6.04 Å². The number of unbranched alkanes of at least 4 members (excludes halogenated alkanes) is 14. The molecule has 2 aromatic carbocycles. The molecular weight excluding hydrogens is 705 g/mol. The number of ketones is 1. The highest BCUT2D eigenvalue weighted by Gasteiger charge is 2.27. The number of carboxylic acid groups (broad SMARTS) is 1. The first kappa shape index (κ1) is 47.1. The minimum atomic E-state index is -4.65. The van der Waals surface area contributed by atoms with Crippen molar-refractivity contribution in [2.45, 2.75) is 141 Å². The number of hydrogen-bond donors (Lipinski definition) is 6. The van der Waals surface area contributed by atoms with Crippen molar-refractivity contribution in [3.05, 3.63) is 65.7 Å². The second-order valence-corrected chi connectivity index (χ2v) is 15.6. The molecular formula is C42H68N3O8P. The Labute approximate surface area is 324 Å². The minimum Gasteiger partial charge on any atom is -0.481 e. The molecule has 1 amide bonds. The number of carbonyl (C=O) groups excluding carboxylic acids is 2. The maximum absolute atomic E-state index is 14.2. The number of aryl methyl sites for hydroxylation is 1. The van der Waals surface area contributed by atoms with E-state index < -0.39 is 19.8 Å². The van der Waals surface area contributed by atoms with Crippen molar-refractivity contribution in [2.75, 3.05) is 26.2 Å². The van der Waals surface area contributed by atoms with E-state index in [-0.39, 0.29) is 42.7 Å². The van der Waals surface area contributed by atoms with E-state index in [4.69, 9.17) is 14.9 Å². The average molecular weight is 774 g/mol. The number of aliphatic carboxylic acids is 1. The van der Waals surface area contributed by atoms with Gasteiger partial charge < -0.3 is 25.6 Å². The predicted octanol–water partition coefficient (Wildman–Crippen LogP) is 7.92. The van der Waals surface area contributed by atoms with E-state index in [1.54, 1.807) is 12.1 Å². The first-order chi connectivity index (χ1) is 26.1. The third-order valence-electron chi connectivity index (χ3n) is 9.67. The number of nitrogens with one attached hydrogen (secondary N) is 3. The topological polar surface area (TPSA) is 174 Å². The molecule has 12 heteroatoms. The monoisotopic (exact) mass is 773 g/mol. The SMILES string of the molecule is CCCCCCCCCCCCCCCCNC(CNC(=O)CCc1ccc(OP(=O)(O)O)cc1)C(=O)C(CNCCCCC(=O)O)Cc1ccccc1. The van der Waals surface area contributed by atoms with Gasteiger partial charge in [0.25, 0.3) is 0 Å². The number of hydrogen-bond acceptors (Lipinski definition) is 7. The molecule has 0 radical (unpaired) electrons. The van der Waals surface area contributed by atoms with Crippen molar-refractivity contribution in [1.29, 1.82) is 0 Å². The van der Waals surface area contributed by atoms with Gasteiger partial charge in [0.2, 0.25) is 5.91 Å². The lowest BCUT2D eigenvalue weighted by Crippen LogP contribution is -2.50. The Morgan fingerprint density at radius 2 is 1.26 bits per heavy atom. The third-order valence-corrected chi connectivity index (χ3v) is 10.1. The quantitative estimate of drug-likeness (QED) is 0.0303. The number of carboxylic acids is 1. The summed E-state index contributed by atoms with van der Waals surface area (Å²) in [6.07, 6.45) is 20.3. The van der Waals surface area contributed by atoms with Crippen LogP contribution in [0, 0.1) is 5.92 Å². The van der Waals surface area contributed by atoms with Crippen LogP contribution in [0.25, 0.3) is 0 Å². The van der Waals surface area contributed by atoms with Gasteiger partial charge in [0.15, 0.2) is 5.78 Å². The van der Waals surface area contributed by atoms with Gasteiger partial charge in [-0.25, -0.2) is 4.57 Å². The van der Waals surface area contributed by atoms with Crippen LogP contribution in [0.5, 0.6) is 5.75 Å². The Hall–Kier alpha value is -3.08. The van der Waals surface area contributed by atoms with E-state index >= 15 is 0 Å². The Morgan fingerprint density at radius 3 is 1.83 bits per heavy atom. The summed E-state index contributed by atoms with van der Waals surface area (Å²) in [7, 11) is -4.65. The lowest BCUT2D eigenvalue weighted by atomic mass is 9.90. The number of rotatable bonds is 34. The van der Waals surface area contributed by atoms with Gasteiger partial charge in [-0.1, -0.05) is 133 Å². The zero-order chi connectivity index (χ0) is 39.3. The summed E-state index contributed by atoms with van der Waals surface area (Å²) in [6, 6.07) is 15.5. The van der Waals surface area contributed by atoms with Gasteiger partial charge in [-0.05, 0) is 68.5 Å². The van der Waals surface area contributed by atoms with Crippen LogP contribution in [-0.2, 0) is 31.8 Å². The molecule has 6 N–H and O–H groups in total. The van der Waals surface area contributed by atoms with Crippen LogP contribution in [0.1, 0.15) is 134 Å². The molecule has 0 aliphatic carbocycles. The van der Waals surface area contributed by atoms with Crippen molar-refractivity contribution < 1.29 is 38.4 Å². The first-order valence-corrected chi connectivity index (χ1v) is 21.9. The van der Waals surface area contributed by atoms with Crippen LogP contribution >= 0.6 is 7.82 Å². The maximum Gasteiger partial charge on any atom is 0.524 e. The highest BCUT2D eigenvalue weighted by atomic mass is 31.2. The van der Waals surface area contributed by atoms with Gasteiger partial charge in [-0.2, -0.15) is 0 Å². The van der Waals surface area contributed by atoms with E-state index in [2.05, 4.69) is 27.4 Å². The lowest BCUT2D eigenvalue weighted by molar-refractivity contribution is -0.137. The molecule has 2 rings (SSSR count). The largest absolute Gasteiger partial charge is 0.524 e. The summed E-state index contributed by atoms with van der Waals surface area (Å²) in [5.74, 6) is -1.28. The van der Waals surface area contributed by atoms with Gasteiger partial charge in [0.1, 0.15) is 5.75 Å². The molecule has 0 bridgehead atoms. The standard InChI is InChI=1S/C42H68N3O8P/c1-2-3-4-5-6-7-8-9-10-11-12-13-14-19-31-44-39(34-45-40(46)29-26-35-24-27-38(28-25-35)53-54(50,51)52)42(49)37(32-36-21-16-15-17-22-36)33-43-30-20-18-23-41(47)48/h15-17,21-22,24-25,27-28,37,39,43-44H,2-14,18-20,23,26,29-34H2,1H3,(H,45,46)(H,47,48)(H2,50,51,52). The molecule has 2 unspecified atom stereocenters. The van der Waals surface area contributed by atoms with Gasteiger partial charge in [-0.15, -0.1) is 0 Å². The van der Waals surface area contributed by atoms with Crippen molar-refractivity contribution in [3.8, 4) is 5.75 Å². The maximum atomic E-state index is 14.2. The molecule has 0 aliphatic rings. The minimum absolute atomic E-state index is 0.0307. The number of carbonyl (C=O) groups is 3. The zero-order valence-corrected chi connectivity index (χ0v) is 33.5. The molecule has 2 atom stereocenters. The number of benzene rings is 2. The summed E-state index contributed by atoms with van der Waals surface area (Å²) in [4.78, 5) is 56.0. The second kappa shape index (κ2) is 29.2. The molecule has 0 saturated heterocycles. The summed E-state index contributed by atoms with van der Waals surface area (Å²) >= 11 is 0. The number of phosphoric ester groups is 1. The first-order valence-electron chi connectivity index (χ1n) is 20.4. The number of Topliss-reactive ketones (excluding diaryl/α,β-unsaturated/α-hetero) is 1. The van der Waals surface area contributed by atoms with E-state index in [1.807, 2.05) is 30.3 Å². The van der Waals surface area contributed by atoms with E-state index in [9.17, 15) is 18.9 Å². The highest BCUT2D eigenvalue weighted by Crippen LogP contribution is 2.37. The van der Waals surface area contributed by atoms with Crippen molar-refractivity contribution in [1.82, 2.24) is 16.0 Å². The molecule has 11 nitrogen and oxygen atoms in total. The van der Waals surface area contributed by atoms with Crippen LogP contribution in [0.15, 0.2) is 54.6 Å². The smallest absolute Gasteiger partial charge is 0.481 e. The third kappa shape index (κ3) is 24.4. The normalized spacial score (nSPS) is 12.6. The van der Waals surface area contributed by atoms with E-state index in [0.717, 1.165) is 24.0 Å². The average Bonchev–Trinajstić information content (AvgIpc) is 3.14. The van der Waals surface area contributed by atoms with E-state index in [1.165, 1.54) is 89.2 Å². The lowest BCUT2D eigenvalue weighted by Gasteiger charge is -2.25. The Morgan fingerprint density at radius 1 is 0.685 bits per heavy atom. The van der Waals surface area contributed by atoms with Crippen LogP contribution in [0.4, 0.5) is 0 Å². The van der Waals surface area contributed by atoms with Crippen LogP contribution in [-0.4, -0.2) is 64.8 Å². The fourth-order valence-corrected chi connectivity index (χ4v) is 6.94. The number of phosphoric acid groups is 1. The van der Waals surface area contributed by atoms with Gasteiger partial charge >= 0.3 is 13.8 Å². The molecule has 54 heavy (non-hydrogen) atoms. The Kier molecular flexibility index (Phi) is 25.5. The van der Waals surface area contributed by atoms with Crippen molar-refractivity contribution >= 4 is 25.5 Å². The van der Waals surface area contributed by atoms with Crippen LogP contribution in [0.2, 0.25) is 0 Å². The molecule has 0 spiro atoms. The van der Waals surface area contributed by atoms with Gasteiger partial charge in [0, 0.05) is 31.8 Å². The van der Waals surface area contributed by atoms with E-state index in [0.29, 0.717) is 45.3 Å². The van der Waals surface area contributed by atoms with Crippen LogP contribution < -0.4 is 20.5 Å². The molecule has 0 fully saturated rings. The predicted molar refractivity (Wildman–Crippen MR) is 216 cm³/mol. The Bertz CT molecular complexity index is 1340. The summed E-state index contributed by atoms with van der Waals surface area (Å²) < 4.78 is 15.7. The van der Waals surface area contributed by atoms with Crippen molar-refractivity contribution in [3.63, 3.8) is 0 Å². The van der Waals surface area contributed by atoms with Gasteiger partial charge in [-0.3, -0.25) is 24.2 Å². The second-order valence-electron chi connectivity index (χ2n) is 14.5. The molecule has 2 aromatic rings. The molecule has 304 valence electrons. The fraction of sp³-hybridized carbons (Fsp3) is 0.643. The molecule has 0 aromatic heterocycles. The molecule has 0 aliphatic heterocycles. The summed E-state index contributed by atoms with van der Waals surface area (Å²) in [6.45, 7) is 4.16.